The molecule has 1 amide bonds. The average molecular weight is 336 g/mol. The highest BCUT2D eigenvalue weighted by atomic mass is 79.9. The zero-order valence-electron chi connectivity index (χ0n) is 11.4. The van der Waals surface area contributed by atoms with Gasteiger partial charge in [-0.3, -0.25) is 4.79 Å². The first-order valence-corrected chi connectivity index (χ1v) is 7.03. The molecular weight excluding hydrogens is 321 g/mol. The van der Waals surface area contributed by atoms with Gasteiger partial charge in [-0.2, -0.15) is 0 Å². The van der Waals surface area contributed by atoms with Crippen LogP contribution < -0.4 is 0 Å². The first-order chi connectivity index (χ1) is 9.47. The summed E-state index contributed by atoms with van der Waals surface area (Å²) in [5.41, 5.74) is 2.57. The van der Waals surface area contributed by atoms with Crippen molar-refractivity contribution in [3.8, 4) is 0 Å². The van der Waals surface area contributed by atoms with Crippen molar-refractivity contribution in [2.45, 2.75) is 13.5 Å². The van der Waals surface area contributed by atoms with Gasteiger partial charge in [0.1, 0.15) is 5.82 Å². The summed E-state index contributed by atoms with van der Waals surface area (Å²) in [5.74, 6) is -0.323. The van der Waals surface area contributed by atoms with E-state index in [0.717, 1.165) is 15.6 Å². The van der Waals surface area contributed by atoms with E-state index in [9.17, 15) is 9.18 Å². The number of hydrogen-bond donors (Lipinski definition) is 0. The van der Waals surface area contributed by atoms with E-state index in [1.165, 1.54) is 12.1 Å². The van der Waals surface area contributed by atoms with Crippen LogP contribution in [0.1, 0.15) is 21.5 Å². The predicted molar refractivity (Wildman–Crippen MR) is 81.1 cm³/mol. The van der Waals surface area contributed by atoms with Crippen molar-refractivity contribution >= 4 is 21.8 Å². The Labute approximate surface area is 126 Å². The van der Waals surface area contributed by atoms with Gasteiger partial charge in [-0.25, -0.2) is 4.39 Å². The molecule has 2 nitrogen and oxygen atoms in total. The number of amides is 1. The van der Waals surface area contributed by atoms with Crippen molar-refractivity contribution in [2.24, 2.45) is 0 Å². The van der Waals surface area contributed by atoms with Crippen molar-refractivity contribution in [1.82, 2.24) is 4.90 Å². The number of rotatable bonds is 3. The molecule has 0 N–H and O–H groups in total. The minimum Gasteiger partial charge on any atom is -0.337 e. The lowest BCUT2D eigenvalue weighted by Crippen LogP contribution is -2.26. The summed E-state index contributed by atoms with van der Waals surface area (Å²) in [7, 11) is 1.74. The fraction of sp³-hybridized carbons (Fsp3) is 0.188. The zero-order valence-corrected chi connectivity index (χ0v) is 12.9. The van der Waals surface area contributed by atoms with Crippen molar-refractivity contribution in [1.29, 1.82) is 0 Å². The molecule has 0 atom stereocenters. The summed E-state index contributed by atoms with van der Waals surface area (Å²) in [5, 5.41) is 0. The topological polar surface area (TPSA) is 20.3 Å². The van der Waals surface area contributed by atoms with Gasteiger partial charge in [-0.1, -0.05) is 28.1 Å². The van der Waals surface area contributed by atoms with Crippen LogP contribution in [0.3, 0.4) is 0 Å². The van der Waals surface area contributed by atoms with Crippen molar-refractivity contribution in [3.05, 3.63) is 69.4 Å². The summed E-state index contributed by atoms with van der Waals surface area (Å²) in [6, 6.07) is 11.7. The number of nitrogens with zero attached hydrogens (tertiary/aromatic N) is 1. The third-order valence-electron chi connectivity index (χ3n) is 3.08. The number of aryl methyl sites for hydroxylation is 1. The Morgan fingerprint density at radius 3 is 2.45 bits per heavy atom. The molecule has 0 aromatic heterocycles. The van der Waals surface area contributed by atoms with Gasteiger partial charge in [0.15, 0.2) is 0 Å². The molecule has 0 fully saturated rings. The molecule has 0 aliphatic rings. The van der Waals surface area contributed by atoms with Crippen LogP contribution >= 0.6 is 15.9 Å². The van der Waals surface area contributed by atoms with E-state index in [-0.39, 0.29) is 11.7 Å². The molecule has 0 saturated carbocycles. The molecule has 0 aliphatic carbocycles. The lowest BCUT2D eigenvalue weighted by molar-refractivity contribution is 0.0785. The van der Waals surface area contributed by atoms with Crippen LogP contribution in [0.5, 0.6) is 0 Å². The summed E-state index contributed by atoms with van der Waals surface area (Å²) in [6.45, 7) is 2.40. The fourth-order valence-electron chi connectivity index (χ4n) is 1.93. The van der Waals surface area contributed by atoms with Gasteiger partial charge in [0.2, 0.25) is 0 Å². The minimum atomic E-state index is -0.272. The second-order valence-corrected chi connectivity index (χ2v) is 5.61. The van der Waals surface area contributed by atoms with Crippen molar-refractivity contribution in [2.75, 3.05) is 7.05 Å². The molecule has 0 aliphatic heterocycles. The Morgan fingerprint density at radius 2 is 1.85 bits per heavy atom. The number of hydrogen-bond acceptors (Lipinski definition) is 1. The van der Waals surface area contributed by atoms with Crippen LogP contribution in [-0.2, 0) is 6.54 Å². The monoisotopic (exact) mass is 335 g/mol. The zero-order chi connectivity index (χ0) is 14.7. The second-order valence-electron chi connectivity index (χ2n) is 4.75. The molecule has 0 heterocycles. The molecule has 20 heavy (non-hydrogen) atoms. The van der Waals surface area contributed by atoms with Crippen LogP contribution in [0.4, 0.5) is 4.39 Å². The Kier molecular flexibility index (Phi) is 4.55. The highest BCUT2D eigenvalue weighted by Crippen LogP contribution is 2.18. The van der Waals surface area contributed by atoms with Crippen LogP contribution in [-0.4, -0.2) is 17.9 Å². The summed E-state index contributed by atoms with van der Waals surface area (Å²) in [6.07, 6.45) is 0. The third-order valence-corrected chi connectivity index (χ3v) is 3.97. The van der Waals surface area contributed by atoms with Crippen LogP contribution in [0.2, 0.25) is 0 Å². The van der Waals surface area contributed by atoms with Gasteiger partial charge in [0.05, 0.1) is 0 Å². The number of carbonyl (C=O) groups is 1. The molecule has 0 radical (unpaired) electrons. The molecule has 0 spiro atoms. The smallest absolute Gasteiger partial charge is 0.253 e. The van der Waals surface area contributed by atoms with E-state index in [4.69, 9.17) is 0 Å². The Bertz CT molecular complexity index is 625. The first-order valence-electron chi connectivity index (χ1n) is 6.23. The summed E-state index contributed by atoms with van der Waals surface area (Å²) >= 11 is 3.42. The molecular formula is C16H15BrFNO. The maximum absolute atomic E-state index is 12.8. The van der Waals surface area contributed by atoms with Gasteiger partial charge >= 0.3 is 0 Å². The van der Waals surface area contributed by atoms with Gasteiger partial charge in [-0.05, 0) is 48.4 Å². The normalized spacial score (nSPS) is 10.4. The molecule has 2 aromatic carbocycles. The molecule has 2 rings (SSSR count). The van der Waals surface area contributed by atoms with Crippen LogP contribution in [0.25, 0.3) is 0 Å². The van der Waals surface area contributed by atoms with Gasteiger partial charge < -0.3 is 4.90 Å². The largest absolute Gasteiger partial charge is 0.337 e. The van der Waals surface area contributed by atoms with Crippen LogP contribution in [0.15, 0.2) is 46.9 Å². The molecule has 2 aromatic rings. The molecule has 0 unspecified atom stereocenters. The van der Waals surface area contributed by atoms with E-state index in [2.05, 4.69) is 15.9 Å². The van der Waals surface area contributed by atoms with E-state index in [1.54, 1.807) is 30.1 Å². The highest BCUT2D eigenvalue weighted by Gasteiger charge is 2.12. The lowest BCUT2D eigenvalue weighted by Gasteiger charge is -2.18. The van der Waals surface area contributed by atoms with Crippen molar-refractivity contribution < 1.29 is 9.18 Å². The summed E-state index contributed by atoms with van der Waals surface area (Å²) in [4.78, 5) is 13.9. The van der Waals surface area contributed by atoms with E-state index >= 15 is 0 Å². The van der Waals surface area contributed by atoms with E-state index < -0.39 is 0 Å². The number of halogens is 2. The minimum absolute atomic E-state index is 0.0510. The van der Waals surface area contributed by atoms with Gasteiger partial charge in [0, 0.05) is 23.6 Å². The maximum atomic E-state index is 12.8. The van der Waals surface area contributed by atoms with Gasteiger partial charge in [0.25, 0.3) is 5.91 Å². The Balaban J connectivity index is 2.11. The lowest BCUT2D eigenvalue weighted by atomic mass is 10.1. The summed E-state index contributed by atoms with van der Waals surface area (Å²) < 4.78 is 13.8. The fourth-order valence-corrected chi connectivity index (χ4v) is 2.18. The molecule has 0 bridgehead atoms. The highest BCUT2D eigenvalue weighted by molar-refractivity contribution is 9.10. The van der Waals surface area contributed by atoms with E-state index in [1.807, 2.05) is 19.1 Å². The van der Waals surface area contributed by atoms with Crippen molar-refractivity contribution in [3.63, 3.8) is 0 Å². The second kappa shape index (κ2) is 6.18. The predicted octanol–water partition coefficient (Wildman–Crippen LogP) is 4.17. The quantitative estimate of drug-likeness (QED) is 0.824. The molecule has 4 heteroatoms. The molecule has 0 saturated heterocycles. The Morgan fingerprint density at radius 1 is 1.20 bits per heavy atom. The van der Waals surface area contributed by atoms with E-state index in [0.29, 0.717) is 12.1 Å². The molecule has 104 valence electrons. The number of benzene rings is 2. The standard InChI is InChI=1S/C16H15BrFNO/c1-11-9-13(5-8-15(11)17)16(20)19(2)10-12-3-6-14(18)7-4-12/h3-9H,10H2,1-2H3. The van der Waals surface area contributed by atoms with Crippen LogP contribution in [0, 0.1) is 12.7 Å². The SMILES string of the molecule is Cc1cc(C(=O)N(C)Cc2ccc(F)cc2)ccc1Br. The maximum Gasteiger partial charge on any atom is 0.253 e. The first kappa shape index (κ1) is 14.7. The average Bonchev–Trinajstić information content (AvgIpc) is 2.43. The number of carbonyl (C=O) groups excluding carboxylic acids is 1. The van der Waals surface area contributed by atoms with Gasteiger partial charge in [-0.15, -0.1) is 0 Å². The Hall–Kier alpha value is -1.68. The third kappa shape index (κ3) is 3.45.